The Hall–Kier alpha value is -5.57. The van der Waals surface area contributed by atoms with Crippen molar-refractivity contribution in [3.63, 3.8) is 0 Å². The number of anilines is 1. The summed E-state index contributed by atoms with van der Waals surface area (Å²) in [6.07, 6.45) is 0.0171. The Balaban J connectivity index is 1.30. The number of carbonyl (C=O) groups excluding carboxylic acids is 3. The van der Waals surface area contributed by atoms with Crippen molar-refractivity contribution in [3.8, 4) is 0 Å². The first-order valence-electron chi connectivity index (χ1n) is 14.3. The number of carboxylic acid groups (broad SMARTS) is 2. The number of nitrogens with zero attached hydrogens (tertiary/aromatic N) is 1. The first kappa shape index (κ1) is 27.3. The quantitative estimate of drug-likeness (QED) is 0.270. The normalized spacial score (nSPS) is 21.7. The predicted octanol–water partition coefficient (Wildman–Crippen LogP) is 4.53. The summed E-state index contributed by atoms with van der Waals surface area (Å²) >= 11 is 0. The lowest BCUT2D eigenvalue weighted by atomic mass is 9.55. The molecular formula is C35H26N2O7. The van der Waals surface area contributed by atoms with Crippen LogP contribution in [0.3, 0.4) is 0 Å². The molecule has 9 nitrogen and oxygen atoms in total. The van der Waals surface area contributed by atoms with Gasteiger partial charge in [0, 0.05) is 23.9 Å². The molecule has 44 heavy (non-hydrogen) atoms. The minimum atomic E-state index is -1.37. The van der Waals surface area contributed by atoms with Gasteiger partial charge in [0.1, 0.15) is 6.04 Å². The molecule has 2 bridgehead atoms. The molecular weight excluding hydrogens is 560 g/mol. The summed E-state index contributed by atoms with van der Waals surface area (Å²) < 4.78 is 0. The zero-order valence-corrected chi connectivity index (χ0v) is 23.2. The number of hydrogen-bond acceptors (Lipinski definition) is 5. The number of imide groups is 1. The smallest absolute Gasteiger partial charge is 0.335 e. The Morgan fingerprint density at radius 1 is 0.659 bits per heavy atom. The maximum Gasteiger partial charge on any atom is 0.335 e. The molecule has 1 aliphatic heterocycles. The van der Waals surface area contributed by atoms with Crippen LogP contribution in [0.15, 0.2) is 97.1 Å². The van der Waals surface area contributed by atoms with E-state index in [2.05, 4.69) is 5.32 Å². The SMILES string of the molecule is O=C(O)c1cc(NC(=O)[C@H](Cc2ccccc2)N2C(=O)C3C4c5ccccc5C(c5ccccc54)C3C2=O)cc(C(=O)O)c1. The Morgan fingerprint density at radius 3 is 1.52 bits per heavy atom. The number of carbonyl (C=O) groups is 5. The molecule has 3 aliphatic carbocycles. The van der Waals surface area contributed by atoms with Crippen LogP contribution in [0.5, 0.6) is 0 Å². The molecule has 0 radical (unpaired) electrons. The van der Waals surface area contributed by atoms with Crippen LogP contribution >= 0.6 is 0 Å². The lowest BCUT2D eigenvalue weighted by molar-refractivity contribution is -0.146. The summed E-state index contributed by atoms with van der Waals surface area (Å²) in [4.78, 5) is 67.3. The largest absolute Gasteiger partial charge is 0.478 e. The zero-order valence-electron chi connectivity index (χ0n) is 23.2. The van der Waals surface area contributed by atoms with Crippen LogP contribution in [0.1, 0.15) is 60.4 Å². The molecule has 0 spiro atoms. The van der Waals surface area contributed by atoms with Gasteiger partial charge in [0.25, 0.3) is 0 Å². The minimum absolute atomic E-state index is 0.0171. The van der Waals surface area contributed by atoms with Gasteiger partial charge in [-0.1, -0.05) is 78.9 Å². The highest BCUT2D eigenvalue weighted by Gasteiger charge is 2.63. The number of amides is 3. The summed E-state index contributed by atoms with van der Waals surface area (Å²) in [6.45, 7) is 0. The Labute approximate surface area is 251 Å². The standard InChI is InChI=1S/C35H26N2O7/c38-31(36-21-16-19(34(41)42)15-20(17-21)35(43)44)26(14-18-8-2-1-3-9-18)37-32(39)29-27-22-10-4-5-11-23(22)28(30(29)33(37)40)25-13-7-6-12-24(25)27/h1-13,15-17,26-30H,14H2,(H,36,38)(H,41,42)(H,43,44)/t26-,27?,28?,29?,30?/m0/s1. The second-order valence-corrected chi connectivity index (χ2v) is 11.4. The maximum atomic E-state index is 14.4. The van der Waals surface area contributed by atoms with Gasteiger partial charge in [0.2, 0.25) is 17.7 Å². The van der Waals surface area contributed by atoms with Crippen LogP contribution in [0.25, 0.3) is 0 Å². The summed E-state index contributed by atoms with van der Waals surface area (Å²) in [5.74, 6) is -6.37. The molecule has 0 aromatic heterocycles. The maximum absolute atomic E-state index is 14.4. The molecule has 4 aromatic carbocycles. The third-order valence-electron chi connectivity index (χ3n) is 9.06. The summed E-state index contributed by atoms with van der Waals surface area (Å²) in [5.41, 5.74) is 4.03. The van der Waals surface area contributed by atoms with Gasteiger partial charge in [-0.05, 0) is 46.0 Å². The van der Waals surface area contributed by atoms with E-state index in [9.17, 15) is 34.2 Å². The van der Waals surface area contributed by atoms with Crippen LogP contribution in [0.2, 0.25) is 0 Å². The molecule has 8 rings (SSSR count). The molecule has 0 saturated carbocycles. The molecule has 1 fully saturated rings. The first-order chi connectivity index (χ1) is 21.2. The molecule has 218 valence electrons. The fraction of sp³-hybridized carbons (Fsp3) is 0.171. The highest BCUT2D eigenvalue weighted by Crippen LogP contribution is 2.61. The van der Waals surface area contributed by atoms with Crippen molar-refractivity contribution in [1.82, 2.24) is 4.90 Å². The number of likely N-dealkylation sites (tertiary alicyclic amines) is 1. The van der Waals surface area contributed by atoms with Crippen molar-refractivity contribution in [2.75, 3.05) is 5.32 Å². The lowest BCUT2D eigenvalue weighted by Gasteiger charge is -2.45. The summed E-state index contributed by atoms with van der Waals surface area (Å²) in [5, 5.41) is 21.6. The third kappa shape index (κ3) is 4.19. The first-order valence-corrected chi connectivity index (χ1v) is 14.3. The van der Waals surface area contributed by atoms with Crippen LogP contribution in [-0.4, -0.2) is 50.8 Å². The molecule has 1 saturated heterocycles. The van der Waals surface area contributed by atoms with E-state index in [0.29, 0.717) is 5.56 Å². The van der Waals surface area contributed by atoms with Crippen molar-refractivity contribution in [2.45, 2.75) is 24.3 Å². The predicted molar refractivity (Wildman–Crippen MR) is 158 cm³/mol. The van der Waals surface area contributed by atoms with Crippen LogP contribution in [-0.2, 0) is 20.8 Å². The van der Waals surface area contributed by atoms with Gasteiger partial charge < -0.3 is 15.5 Å². The molecule has 3 N–H and O–H groups in total. The van der Waals surface area contributed by atoms with E-state index in [1.165, 1.54) is 0 Å². The van der Waals surface area contributed by atoms with E-state index >= 15 is 0 Å². The zero-order chi connectivity index (χ0) is 30.7. The van der Waals surface area contributed by atoms with Crippen LogP contribution in [0.4, 0.5) is 5.69 Å². The van der Waals surface area contributed by atoms with Gasteiger partial charge in [0.15, 0.2) is 0 Å². The lowest BCUT2D eigenvalue weighted by Crippen LogP contribution is -2.49. The van der Waals surface area contributed by atoms with Gasteiger partial charge in [-0.25, -0.2) is 9.59 Å². The number of benzene rings is 4. The molecule has 9 heteroatoms. The van der Waals surface area contributed by atoms with Crippen molar-refractivity contribution >= 4 is 35.3 Å². The second-order valence-electron chi connectivity index (χ2n) is 11.4. The van der Waals surface area contributed by atoms with Crippen molar-refractivity contribution in [1.29, 1.82) is 0 Å². The van der Waals surface area contributed by atoms with Gasteiger partial charge in [-0.2, -0.15) is 0 Å². The Bertz CT molecular complexity index is 1740. The van der Waals surface area contributed by atoms with Crippen LogP contribution < -0.4 is 5.32 Å². The second kappa shape index (κ2) is 10.3. The number of carboxylic acids is 2. The van der Waals surface area contributed by atoms with E-state index in [0.717, 1.165) is 45.4 Å². The molecule has 2 unspecified atom stereocenters. The number of nitrogens with one attached hydrogen (secondary N) is 1. The molecule has 3 amide bonds. The molecule has 4 aromatic rings. The van der Waals surface area contributed by atoms with E-state index in [1.807, 2.05) is 54.6 Å². The Morgan fingerprint density at radius 2 is 1.09 bits per heavy atom. The van der Waals surface area contributed by atoms with Crippen molar-refractivity contribution in [2.24, 2.45) is 11.8 Å². The number of hydrogen-bond donors (Lipinski definition) is 3. The Kier molecular flexibility index (Phi) is 6.39. The third-order valence-corrected chi connectivity index (χ3v) is 9.06. The molecule has 3 atom stereocenters. The van der Waals surface area contributed by atoms with E-state index in [1.54, 1.807) is 24.3 Å². The van der Waals surface area contributed by atoms with Crippen LogP contribution in [0, 0.1) is 11.8 Å². The monoisotopic (exact) mass is 586 g/mol. The van der Waals surface area contributed by atoms with Gasteiger partial charge in [0.05, 0.1) is 23.0 Å². The fourth-order valence-corrected chi connectivity index (χ4v) is 7.32. The van der Waals surface area contributed by atoms with Crippen molar-refractivity contribution in [3.05, 3.63) is 136 Å². The van der Waals surface area contributed by atoms with Gasteiger partial charge in [-0.15, -0.1) is 0 Å². The fourth-order valence-electron chi connectivity index (χ4n) is 7.32. The average Bonchev–Trinajstić information content (AvgIpc) is 3.29. The topological polar surface area (TPSA) is 141 Å². The highest BCUT2D eigenvalue weighted by atomic mass is 16.4. The van der Waals surface area contributed by atoms with Gasteiger partial charge >= 0.3 is 11.9 Å². The van der Waals surface area contributed by atoms with E-state index < -0.39 is 47.5 Å². The van der Waals surface area contributed by atoms with E-state index in [-0.39, 0.29) is 35.1 Å². The van der Waals surface area contributed by atoms with Crippen molar-refractivity contribution < 1.29 is 34.2 Å². The minimum Gasteiger partial charge on any atom is -0.478 e. The number of rotatable bonds is 7. The number of aromatic carboxylic acids is 2. The molecule has 1 heterocycles. The highest BCUT2D eigenvalue weighted by molar-refractivity contribution is 6.12. The summed E-state index contributed by atoms with van der Waals surface area (Å²) in [6, 6.07) is 26.7. The average molecular weight is 587 g/mol. The van der Waals surface area contributed by atoms with Gasteiger partial charge in [-0.3, -0.25) is 19.3 Å². The summed E-state index contributed by atoms with van der Waals surface area (Å²) in [7, 11) is 0. The van der Waals surface area contributed by atoms with E-state index in [4.69, 9.17) is 0 Å². The molecule has 4 aliphatic rings.